The van der Waals surface area contributed by atoms with Gasteiger partial charge in [0, 0.05) is 107 Å². The maximum absolute atomic E-state index is 13.4. The highest BCUT2D eigenvalue weighted by molar-refractivity contribution is 6.05. The van der Waals surface area contributed by atoms with Gasteiger partial charge < -0.3 is 16.0 Å². The molecule has 0 saturated carbocycles. The van der Waals surface area contributed by atoms with Crippen molar-refractivity contribution >= 4 is 67.8 Å². The SMILES string of the molecule is CCCCNC(=O)c1cnc(-c2ccc3ncc(C(=O)CC(C)(C)C)c(Cc4ccccc4)c3c2)cn1.CCCCNC(=O)c1cnc(-c2ccc3ncc(C(=O)CC(C)C)c(Cc4ccccc4)c3c2)cn1.CCCCNC(=O)c1cnc(-c2ccc3ncc(C(=O)CCC)c(Cc4ccccc4)c3c2)cn1. The van der Waals surface area contributed by atoms with Crippen LogP contribution >= 0.6 is 0 Å². The normalized spacial score (nSPS) is 11.2. The third-order valence-corrected chi connectivity index (χ3v) is 18.3. The second-order valence-electron chi connectivity index (χ2n) is 28.7. The van der Waals surface area contributed by atoms with E-state index in [1.54, 1.807) is 37.2 Å². The first-order valence-corrected chi connectivity index (χ1v) is 37.6. The van der Waals surface area contributed by atoms with Crippen LogP contribution in [-0.4, -0.2) is 99.6 Å². The molecule has 108 heavy (non-hydrogen) atoms. The zero-order chi connectivity index (χ0) is 76.5. The summed E-state index contributed by atoms with van der Waals surface area (Å²) in [6, 6.07) is 48.2. The van der Waals surface area contributed by atoms with Crippen LogP contribution in [0.15, 0.2) is 201 Å². The van der Waals surface area contributed by atoms with Crippen molar-refractivity contribution in [1.29, 1.82) is 0 Å². The van der Waals surface area contributed by atoms with Gasteiger partial charge in [-0.05, 0) is 126 Å². The number of unbranched alkanes of at least 4 members (excludes halogenated alkanes) is 3. The van der Waals surface area contributed by atoms with E-state index >= 15 is 0 Å². The predicted octanol–water partition coefficient (Wildman–Crippen LogP) is 18.3. The highest BCUT2D eigenvalue weighted by Crippen LogP contribution is 2.34. The van der Waals surface area contributed by atoms with E-state index < -0.39 is 0 Å². The highest BCUT2D eigenvalue weighted by Gasteiger charge is 2.24. The molecular weight excluding hydrogens is 1350 g/mol. The molecule has 0 fully saturated rings. The fourth-order valence-corrected chi connectivity index (χ4v) is 12.5. The number of amides is 3. The maximum Gasteiger partial charge on any atom is 0.271 e. The van der Waals surface area contributed by atoms with Gasteiger partial charge in [-0.25, -0.2) is 15.0 Å². The molecule has 0 atom stereocenters. The molecule has 6 aromatic heterocycles. The number of hydrogen-bond acceptors (Lipinski definition) is 15. The summed E-state index contributed by atoms with van der Waals surface area (Å²) in [6.07, 6.45) is 24.4. The summed E-state index contributed by atoms with van der Waals surface area (Å²) in [5.41, 5.74) is 16.1. The van der Waals surface area contributed by atoms with E-state index in [4.69, 9.17) is 0 Å². The number of benzene rings is 6. The Bertz CT molecular complexity index is 5070. The van der Waals surface area contributed by atoms with Crippen LogP contribution in [0.25, 0.3) is 66.5 Å². The van der Waals surface area contributed by atoms with Crippen LogP contribution < -0.4 is 16.0 Å². The monoisotopic (exact) mass is 1440 g/mol. The zero-order valence-electron chi connectivity index (χ0n) is 63.4. The lowest BCUT2D eigenvalue weighted by Gasteiger charge is -2.19. The smallest absolute Gasteiger partial charge is 0.271 e. The number of pyridine rings is 3. The number of ketones is 3. The predicted molar refractivity (Wildman–Crippen MR) is 429 cm³/mol. The van der Waals surface area contributed by atoms with Gasteiger partial charge in [0.15, 0.2) is 17.3 Å². The Morgan fingerprint density at radius 3 is 0.972 bits per heavy atom. The van der Waals surface area contributed by atoms with Gasteiger partial charge in [0.05, 0.1) is 70.8 Å². The fraction of sp³-hybridized carbons (Fsp3) is 0.300. The quantitative estimate of drug-likeness (QED) is 0.0291. The van der Waals surface area contributed by atoms with Crippen molar-refractivity contribution in [3.63, 3.8) is 0 Å². The number of aromatic nitrogens is 9. The lowest BCUT2D eigenvalue weighted by Crippen LogP contribution is -2.25. The molecule has 0 spiro atoms. The van der Waals surface area contributed by atoms with Crippen LogP contribution in [-0.2, 0) is 19.3 Å². The number of nitrogens with one attached hydrogen (secondary N) is 3. The average molecular weight is 1440 g/mol. The molecule has 12 rings (SSSR count). The van der Waals surface area contributed by atoms with Crippen LogP contribution in [0, 0.1) is 11.3 Å². The first-order valence-electron chi connectivity index (χ1n) is 37.6. The van der Waals surface area contributed by atoms with Crippen molar-refractivity contribution in [3.8, 4) is 33.8 Å². The van der Waals surface area contributed by atoms with Gasteiger partial charge >= 0.3 is 0 Å². The molecule has 12 aromatic rings. The number of carbonyl (C=O) groups excluding carboxylic acids is 6. The number of fused-ring (bicyclic) bond motifs is 3. The van der Waals surface area contributed by atoms with Crippen molar-refractivity contribution in [1.82, 2.24) is 60.8 Å². The first-order chi connectivity index (χ1) is 52.3. The van der Waals surface area contributed by atoms with Gasteiger partial charge in [-0.2, -0.15) is 0 Å². The Morgan fingerprint density at radius 1 is 0.361 bits per heavy atom. The molecule has 0 bridgehead atoms. The minimum atomic E-state index is -0.220. The third-order valence-electron chi connectivity index (χ3n) is 18.3. The Labute approximate surface area is 633 Å². The minimum absolute atomic E-state index is 0.0939. The second-order valence-corrected chi connectivity index (χ2v) is 28.7. The largest absolute Gasteiger partial charge is 0.351 e. The van der Waals surface area contributed by atoms with Gasteiger partial charge in [0.2, 0.25) is 0 Å². The van der Waals surface area contributed by atoms with E-state index in [1.165, 1.54) is 18.6 Å². The molecule has 0 aliphatic heterocycles. The molecule has 0 unspecified atom stereocenters. The van der Waals surface area contributed by atoms with E-state index in [-0.39, 0.29) is 46.4 Å². The Kier molecular flexibility index (Phi) is 28.1. The van der Waals surface area contributed by atoms with E-state index in [0.717, 1.165) is 128 Å². The number of nitrogens with zero attached hydrogens (tertiary/aromatic N) is 9. The lowest BCUT2D eigenvalue weighted by atomic mass is 9.85. The van der Waals surface area contributed by atoms with Gasteiger partial charge in [0.1, 0.15) is 17.1 Å². The van der Waals surface area contributed by atoms with Crippen LogP contribution in [0.5, 0.6) is 0 Å². The van der Waals surface area contributed by atoms with Gasteiger partial charge in [-0.3, -0.25) is 58.7 Å². The lowest BCUT2D eigenvalue weighted by molar-refractivity contribution is 0.0931. The third kappa shape index (κ3) is 21.5. The van der Waals surface area contributed by atoms with E-state index in [0.29, 0.717) is 109 Å². The van der Waals surface area contributed by atoms with Crippen LogP contribution in [0.2, 0.25) is 0 Å². The molecular formula is C90H96N12O6. The molecule has 6 aromatic carbocycles. The second kappa shape index (κ2) is 38.5. The number of carbonyl (C=O) groups is 6. The van der Waals surface area contributed by atoms with Gasteiger partial charge in [0.25, 0.3) is 17.7 Å². The number of hydrogen-bond donors (Lipinski definition) is 3. The summed E-state index contributed by atoms with van der Waals surface area (Å²) in [4.78, 5) is 117. The van der Waals surface area contributed by atoms with Crippen LogP contribution in [0.3, 0.4) is 0 Å². The maximum atomic E-state index is 13.4. The highest BCUT2D eigenvalue weighted by atomic mass is 16.2. The van der Waals surface area contributed by atoms with Crippen molar-refractivity contribution in [3.05, 3.63) is 269 Å². The molecule has 0 aliphatic carbocycles. The van der Waals surface area contributed by atoms with Crippen molar-refractivity contribution in [2.45, 2.75) is 146 Å². The minimum Gasteiger partial charge on any atom is -0.351 e. The molecule has 6 heterocycles. The molecule has 0 saturated heterocycles. The average Bonchev–Trinajstić information content (AvgIpc) is 0.788. The van der Waals surface area contributed by atoms with Gasteiger partial charge in [-0.15, -0.1) is 0 Å². The summed E-state index contributed by atoms with van der Waals surface area (Å²) >= 11 is 0. The van der Waals surface area contributed by atoms with Crippen LogP contribution in [0.1, 0.15) is 222 Å². The van der Waals surface area contributed by atoms with Crippen molar-refractivity contribution in [2.75, 3.05) is 19.6 Å². The first kappa shape index (κ1) is 78.8. The topological polar surface area (TPSA) is 255 Å². The van der Waals surface area contributed by atoms with Crippen molar-refractivity contribution < 1.29 is 28.8 Å². The number of Topliss-reactive ketones (excluding diaryl/α,β-unsaturated/α-hetero) is 3. The van der Waals surface area contributed by atoms with Crippen molar-refractivity contribution in [2.24, 2.45) is 11.3 Å². The summed E-state index contributed by atoms with van der Waals surface area (Å²) in [7, 11) is 0. The van der Waals surface area contributed by atoms with E-state index in [9.17, 15) is 28.8 Å². The molecule has 3 amide bonds. The zero-order valence-corrected chi connectivity index (χ0v) is 63.4. The standard InChI is InChI=1S/C31H34N4O2.C30H32N4O2.C29H30N4O2/c1-5-6-14-32-30(37)28-20-34-27(19-35-28)22-12-13-26-24(16-22)23(15-21-10-8-7-9-11-21)25(18-33-26)29(36)17-31(2,3)4;1-4-5-13-31-30(36)28-19-33-27(18-34-28)22-11-12-26-24(16-22)23(15-21-9-7-6-8-10-21)25(17-32-26)29(35)14-20(2)3;1-3-5-14-30-29(35)27-19-32-26(18-33-27)21-12-13-25-23(16-21)22(15-20-10-7-6-8-11-20)24(17-31-25)28(34)9-4-2/h7-13,16,18-20H,5-6,14-15,17H2,1-4H3,(H,32,37);6-12,16-20H,4-5,13-15H2,1-3H3,(H,31,36);6-8,10-13,16-19H,3-5,9,14-15H2,1-2H3,(H,30,35). The Balaban J connectivity index is 0.000000173. The Hall–Kier alpha value is -11.8. The summed E-state index contributed by atoms with van der Waals surface area (Å²) < 4.78 is 0. The molecule has 552 valence electrons. The molecule has 18 heteroatoms. The van der Waals surface area contributed by atoms with Crippen LogP contribution in [0.4, 0.5) is 0 Å². The fourth-order valence-electron chi connectivity index (χ4n) is 12.5. The molecule has 0 radical (unpaired) electrons. The molecule has 0 aliphatic rings. The summed E-state index contributed by atoms with van der Waals surface area (Å²) in [6.45, 7) is 20.4. The number of rotatable bonds is 29. The molecule has 3 N–H and O–H groups in total. The summed E-state index contributed by atoms with van der Waals surface area (Å²) in [5, 5.41) is 11.4. The Morgan fingerprint density at radius 2 is 0.685 bits per heavy atom. The van der Waals surface area contributed by atoms with Gasteiger partial charge in [-0.1, -0.05) is 191 Å². The summed E-state index contributed by atoms with van der Waals surface area (Å²) in [5.74, 6) is -0.0885. The molecule has 18 nitrogen and oxygen atoms in total. The van der Waals surface area contributed by atoms with E-state index in [1.807, 2.05) is 130 Å². The van der Waals surface area contributed by atoms with E-state index in [2.05, 4.69) is 139 Å².